The lowest BCUT2D eigenvalue weighted by atomic mass is 10.2. The lowest BCUT2D eigenvalue weighted by molar-refractivity contribution is 0.0602. The lowest BCUT2D eigenvalue weighted by Crippen LogP contribution is -2.34. The third kappa shape index (κ3) is 5.65. The largest absolute Gasteiger partial charge is 0.489 e. The molecule has 7 heteroatoms. The third-order valence-electron chi connectivity index (χ3n) is 4.15. The minimum absolute atomic E-state index is 0.0620. The normalized spacial score (nSPS) is 10.0. The number of thiocarbonyl (C=S) groups is 1. The zero-order valence-electron chi connectivity index (χ0n) is 16.3. The maximum absolute atomic E-state index is 12.6. The number of carbonyl (C=O) groups is 2. The van der Waals surface area contributed by atoms with E-state index in [0.29, 0.717) is 29.2 Å². The van der Waals surface area contributed by atoms with E-state index in [4.69, 9.17) is 21.7 Å². The molecule has 3 aromatic carbocycles. The molecule has 6 nitrogen and oxygen atoms in total. The third-order valence-corrected chi connectivity index (χ3v) is 4.36. The summed E-state index contributed by atoms with van der Waals surface area (Å²) in [5, 5.41) is 5.52. The SMILES string of the molecule is COC(=O)c1ccccc1NC(=S)NC(=O)c1cccc(OCc2ccccc2)c1. The fraction of sp³-hybridized carbons (Fsp3) is 0.0870. The number of benzene rings is 3. The lowest BCUT2D eigenvalue weighted by Gasteiger charge is -2.13. The van der Waals surface area contributed by atoms with E-state index in [9.17, 15) is 9.59 Å². The number of hydrogen-bond acceptors (Lipinski definition) is 5. The van der Waals surface area contributed by atoms with Gasteiger partial charge in [-0.05, 0) is 48.1 Å². The number of nitrogens with one attached hydrogen (secondary N) is 2. The number of para-hydroxylation sites is 1. The van der Waals surface area contributed by atoms with Crippen LogP contribution in [0.15, 0.2) is 78.9 Å². The molecule has 1 amide bonds. The number of amides is 1. The second-order valence-corrected chi connectivity index (χ2v) is 6.66. The predicted octanol–water partition coefficient (Wildman–Crippen LogP) is 4.18. The molecule has 0 aliphatic rings. The van der Waals surface area contributed by atoms with E-state index in [2.05, 4.69) is 10.6 Å². The van der Waals surface area contributed by atoms with Crippen LogP contribution in [0.5, 0.6) is 5.75 Å². The van der Waals surface area contributed by atoms with Crippen molar-refractivity contribution >= 4 is 34.9 Å². The molecule has 152 valence electrons. The number of hydrogen-bond donors (Lipinski definition) is 2. The smallest absolute Gasteiger partial charge is 0.339 e. The summed E-state index contributed by atoms with van der Waals surface area (Å²) >= 11 is 5.22. The molecule has 0 aliphatic carbocycles. The van der Waals surface area contributed by atoms with Gasteiger partial charge in [-0.2, -0.15) is 0 Å². The van der Waals surface area contributed by atoms with Crippen molar-refractivity contribution in [2.45, 2.75) is 6.61 Å². The molecule has 2 N–H and O–H groups in total. The van der Waals surface area contributed by atoms with Gasteiger partial charge in [0, 0.05) is 5.56 Å². The van der Waals surface area contributed by atoms with Gasteiger partial charge in [0.1, 0.15) is 12.4 Å². The summed E-state index contributed by atoms with van der Waals surface area (Å²) < 4.78 is 10.5. The summed E-state index contributed by atoms with van der Waals surface area (Å²) in [5.74, 6) is -0.329. The average Bonchev–Trinajstić information content (AvgIpc) is 2.78. The number of methoxy groups -OCH3 is 1. The quantitative estimate of drug-likeness (QED) is 0.460. The van der Waals surface area contributed by atoms with Crippen LogP contribution in [0.25, 0.3) is 0 Å². The van der Waals surface area contributed by atoms with Crippen molar-refractivity contribution in [3.8, 4) is 5.75 Å². The van der Waals surface area contributed by atoms with Crippen molar-refractivity contribution in [3.05, 3.63) is 95.6 Å². The van der Waals surface area contributed by atoms with E-state index in [1.54, 1.807) is 48.5 Å². The Kier molecular flexibility index (Phi) is 7.13. The Balaban J connectivity index is 1.62. The highest BCUT2D eigenvalue weighted by molar-refractivity contribution is 7.80. The van der Waals surface area contributed by atoms with Crippen molar-refractivity contribution in [2.24, 2.45) is 0 Å². The van der Waals surface area contributed by atoms with Crippen molar-refractivity contribution in [2.75, 3.05) is 12.4 Å². The summed E-state index contributed by atoms with van der Waals surface area (Å²) in [6.45, 7) is 0.399. The van der Waals surface area contributed by atoms with Crippen LogP contribution in [0.2, 0.25) is 0 Å². The van der Waals surface area contributed by atoms with Crippen molar-refractivity contribution in [1.82, 2.24) is 5.32 Å². The van der Waals surface area contributed by atoms with Crippen LogP contribution in [0.3, 0.4) is 0 Å². The average molecular weight is 420 g/mol. The first-order valence-electron chi connectivity index (χ1n) is 9.13. The Labute approximate surface area is 179 Å². The maximum Gasteiger partial charge on any atom is 0.339 e. The van der Waals surface area contributed by atoms with Crippen molar-refractivity contribution in [1.29, 1.82) is 0 Å². The van der Waals surface area contributed by atoms with Gasteiger partial charge < -0.3 is 14.8 Å². The number of ether oxygens (including phenoxy) is 2. The number of esters is 1. The molecular formula is C23H20N2O4S. The zero-order valence-corrected chi connectivity index (χ0v) is 17.1. The number of rotatable bonds is 6. The van der Waals surface area contributed by atoms with E-state index in [0.717, 1.165) is 5.56 Å². The summed E-state index contributed by atoms with van der Waals surface area (Å²) in [7, 11) is 1.30. The van der Waals surface area contributed by atoms with Crippen LogP contribution in [0, 0.1) is 0 Å². The van der Waals surface area contributed by atoms with Crippen LogP contribution in [0.4, 0.5) is 5.69 Å². The van der Waals surface area contributed by atoms with Crippen LogP contribution < -0.4 is 15.4 Å². The second-order valence-electron chi connectivity index (χ2n) is 6.25. The molecule has 0 aliphatic heterocycles. The monoisotopic (exact) mass is 420 g/mol. The molecule has 0 unspecified atom stereocenters. The van der Waals surface area contributed by atoms with Gasteiger partial charge in [0.15, 0.2) is 5.11 Å². The first-order valence-corrected chi connectivity index (χ1v) is 9.54. The van der Waals surface area contributed by atoms with Gasteiger partial charge in [0.05, 0.1) is 18.4 Å². The standard InChI is InChI=1S/C23H20N2O4S/c1-28-22(27)19-12-5-6-13-20(19)24-23(30)25-21(26)17-10-7-11-18(14-17)29-15-16-8-3-2-4-9-16/h2-14H,15H2,1H3,(H2,24,25,26,30). The molecule has 30 heavy (non-hydrogen) atoms. The fourth-order valence-electron chi connectivity index (χ4n) is 2.68. The van der Waals surface area contributed by atoms with Crippen LogP contribution in [-0.4, -0.2) is 24.1 Å². The first kappa shape index (κ1) is 21.0. The molecule has 3 rings (SSSR count). The first-order chi connectivity index (χ1) is 14.6. The van der Waals surface area contributed by atoms with Gasteiger partial charge >= 0.3 is 5.97 Å². The van der Waals surface area contributed by atoms with Gasteiger partial charge in [-0.3, -0.25) is 10.1 Å². The Bertz CT molecular complexity index is 1050. The Morgan fingerprint density at radius 3 is 2.43 bits per heavy atom. The molecule has 0 saturated carbocycles. The highest BCUT2D eigenvalue weighted by Crippen LogP contribution is 2.17. The molecule has 0 aromatic heterocycles. The number of anilines is 1. The Morgan fingerprint density at radius 1 is 0.933 bits per heavy atom. The van der Waals surface area contributed by atoms with Crippen molar-refractivity contribution in [3.63, 3.8) is 0 Å². The minimum Gasteiger partial charge on any atom is -0.489 e. The molecule has 0 saturated heterocycles. The Hall–Kier alpha value is -3.71. The molecule has 0 radical (unpaired) electrons. The zero-order chi connectivity index (χ0) is 21.3. The van der Waals surface area contributed by atoms with Gasteiger partial charge in [0.25, 0.3) is 5.91 Å². The molecule has 0 spiro atoms. The second kappa shape index (κ2) is 10.2. The highest BCUT2D eigenvalue weighted by atomic mass is 32.1. The van der Waals surface area contributed by atoms with Gasteiger partial charge in [-0.15, -0.1) is 0 Å². The highest BCUT2D eigenvalue weighted by Gasteiger charge is 2.14. The van der Waals surface area contributed by atoms with Gasteiger partial charge in [-0.1, -0.05) is 48.5 Å². The van der Waals surface area contributed by atoms with E-state index in [1.165, 1.54) is 7.11 Å². The molecule has 0 bridgehead atoms. The fourth-order valence-corrected chi connectivity index (χ4v) is 2.88. The van der Waals surface area contributed by atoms with Crippen LogP contribution in [0.1, 0.15) is 26.3 Å². The van der Waals surface area contributed by atoms with Crippen LogP contribution in [-0.2, 0) is 11.3 Å². The molecular weight excluding hydrogens is 400 g/mol. The summed E-state index contributed by atoms with van der Waals surface area (Å²) in [5.41, 5.74) is 2.18. The predicted molar refractivity (Wildman–Crippen MR) is 119 cm³/mol. The summed E-state index contributed by atoms with van der Waals surface area (Å²) in [6.07, 6.45) is 0. The topological polar surface area (TPSA) is 76.7 Å². The molecule has 3 aromatic rings. The molecule has 0 atom stereocenters. The van der Waals surface area contributed by atoms with Crippen LogP contribution >= 0.6 is 12.2 Å². The minimum atomic E-state index is -0.504. The maximum atomic E-state index is 12.6. The van der Waals surface area contributed by atoms with E-state index in [1.807, 2.05) is 30.3 Å². The van der Waals surface area contributed by atoms with Crippen molar-refractivity contribution < 1.29 is 19.1 Å². The van der Waals surface area contributed by atoms with Gasteiger partial charge in [-0.25, -0.2) is 4.79 Å². The van der Waals surface area contributed by atoms with E-state index in [-0.39, 0.29) is 5.11 Å². The van der Waals surface area contributed by atoms with E-state index < -0.39 is 11.9 Å². The van der Waals surface area contributed by atoms with Gasteiger partial charge in [0.2, 0.25) is 0 Å². The Morgan fingerprint density at radius 2 is 1.67 bits per heavy atom. The molecule has 0 fully saturated rings. The van der Waals surface area contributed by atoms with E-state index >= 15 is 0 Å². The number of carbonyl (C=O) groups excluding carboxylic acids is 2. The summed E-state index contributed by atoms with van der Waals surface area (Å²) in [4.78, 5) is 24.4. The molecule has 0 heterocycles. The summed E-state index contributed by atoms with van der Waals surface area (Å²) in [6, 6.07) is 23.3.